The highest BCUT2D eigenvalue weighted by molar-refractivity contribution is 7.18. The SMILES string of the molecule is Cc1csc(=O)n1CC(=O)N1CCCC(c2nc3ccccc3s2)C1. The molecule has 1 aliphatic heterocycles. The van der Waals surface area contributed by atoms with Gasteiger partial charge in [0.25, 0.3) is 0 Å². The molecule has 0 N–H and O–H groups in total. The van der Waals surface area contributed by atoms with Crippen molar-refractivity contribution < 1.29 is 4.79 Å². The zero-order valence-corrected chi connectivity index (χ0v) is 15.6. The fourth-order valence-corrected chi connectivity index (χ4v) is 5.13. The van der Waals surface area contributed by atoms with E-state index in [9.17, 15) is 9.59 Å². The smallest absolute Gasteiger partial charge is 0.307 e. The van der Waals surface area contributed by atoms with Crippen LogP contribution in [0.2, 0.25) is 0 Å². The number of hydrogen-bond donors (Lipinski definition) is 0. The number of carbonyl (C=O) groups is 1. The minimum atomic E-state index is -0.0643. The Morgan fingerprint density at radius 1 is 1.36 bits per heavy atom. The first-order valence-corrected chi connectivity index (χ1v) is 10.1. The molecular weight excluding hydrogens is 354 g/mol. The number of para-hydroxylation sites is 1. The molecule has 1 unspecified atom stereocenters. The van der Waals surface area contributed by atoms with Gasteiger partial charge in [-0.15, -0.1) is 11.3 Å². The Labute approximate surface area is 153 Å². The normalized spacial score (nSPS) is 18.0. The van der Waals surface area contributed by atoms with Gasteiger partial charge in [-0.3, -0.25) is 14.2 Å². The van der Waals surface area contributed by atoms with Gasteiger partial charge in [-0.2, -0.15) is 0 Å². The van der Waals surface area contributed by atoms with Gasteiger partial charge in [0.1, 0.15) is 6.54 Å². The minimum Gasteiger partial charge on any atom is -0.340 e. The van der Waals surface area contributed by atoms with E-state index in [1.54, 1.807) is 21.3 Å². The lowest BCUT2D eigenvalue weighted by Gasteiger charge is -2.32. The van der Waals surface area contributed by atoms with E-state index in [2.05, 4.69) is 6.07 Å². The first kappa shape index (κ1) is 16.5. The summed E-state index contributed by atoms with van der Waals surface area (Å²) in [5, 5.41) is 2.91. The maximum absolute atomic E-state index is 12.7. The predicted octanol–water partition coefficient (Wildman–Crippen LogP) is 3.23. The number of amides is 1. The molecule has 0 spiro atoms. The minimum absolute atomic E-state index is 0.0226. The fourth-order valence-electron chi connectivity index (χ4n) is 3.30. The molecule has 3 aromatic rings. The number of piperidine rings is 1. The molecule has 130 valence electrons. The van der Waals surface area contributed by atoms with Gasteiger partial charge >= 0.3 is 4.87 Å². The maximum atomic E-state index is 12.7. The molecule has 0 bridgehead atoms. The highest BCUT2D eigenvalue weighted by Gasteiger charge is 2.27. The molecule has 25 heavy (non-hydrogen) atoms. The Morgan fingerprint density at radius 3 is 2.96 bits per heavy atom. The van der Waals surface area contributed by atoms with E-state index >= 15 is 0 Å². The third-order valence-corrected chi connectivity index (χ3v) is 6.78. The second-order valence-electron chi connectivity index (χ2n) is 6.43. The standard InChI is InChI=1S/C18H19N3O2S2/c1-12-11-24-18(23)21(12)10-16(22)20-8-4-5-13(9-20)17-19-14-6-2-3-7-15(14)25-17/h2-3,6-7,11,13H,4-5,8-10H2,1H3. The Bertz CT molecular complexity index is 939. The molecule has 0 radical (unpaired) electrons. The molecule has 7 heteroatoms. The van der Waals surface area contributed by atoms with Crippen molar-refractivity contribution in [3.05, 3.63) is 50.0 Å². The van der Waals surface area contributed by atoms with Crippen molar-refractivity contribution in [1.82, 2.24) is 14.5 Å². The van der Waals surface area contributed by atoms with Gasteiger partial charge in [0.15, 0.2) is 0 Å². The van der Waals surface area contributed by atoms with E-state index in [-0.39, 0.29) is 23.2 Å². The van der Waals surface area contributed by atoms with E-state index < -0.39 is 0 Å². The van der Waals surface area contributed by atoms with Gasteiger partial charge in [0, 0.05) is 30.1 Å². The summed E-state index contributed by atoms with van der Waals surface area (Å²) in [5.41, 5.74) is 1.88. The van der Waals surface area contributed by atoms with E-state index in [1.165, 1.54) is 4.70 Å². The van der Waals surface area contributed by atoms with Gasteiger partial charge in [-0.25, -0.2) is 4.98 Å². The summed E-state index contributed by atoms with van der Waals surface area (Å²) in [4.78, 5) is 31.1. The molecule has 1 fully saturated rings. The molecule has 1 atom stereocenters. The summed E-state index contributed by atoms with van der Waals surface area (Å²) >= 11 is 2.87. The quantitative estimate of drug-likeness (QED) is 0.708. The first-order chi connectivity index (χ1) is 12.1. The van der Waals surface area contributed by atoms with E-state index in [0.29, 0.717) is 6.54 Å². The third kappa shape index (κ3) is 3.26. The second-order valence-corrected chi connectivity index (χ2v) is 8.31. The van der Waals surface area contributed by atoms with Crippen molar-refractivity contribution >= 4 is 38.8 Å². The number of aryl methyl sites for hydroxylation is 1. The molecule has 5 nitrogen and oxygen atoms in total. The van der Waals surface area contributed by atoms with Crippen LogP contribution in [0.25, 0.3) is 10.2 Å². The highest BCUT2D eigenvalue weighted by Crippen LogP contribution is 2.33. The summed E-state index contributed by atoms with van der Waals surface area (Å²) in [6, 6.07) is 8.16. The molecule has 4 rings (SSSR count). The summed E-state index contributed by atoms with van der Waals surface area (Å²) in [6.45, 7) is 3.46. The number of aromatic nitrogens is 2. The Balaban J connectivity index is 1.50. The second kappa shape index (κ2) is 6.72. The number of benzene rings is 1. The van der Waals surface area contributed by atoms with E-state index in [1.807, 2.05) is 30.0 Å². The zero-order chi connectivity index (χ0) is 17.4. The highest BCUT2D eigenvalue weighted by atomic mass is 32.1. The Hall–Kier alpha value is -1.99. The molecule has 0 saturated carbocycles. The van der Waals surface area contributed by atoms with Crippen LogP contribution in [-0.2, 0) is 11.3 Å². The number of carbonyl (C=O) groups excluding carboxylic acids is 1. The number of fused-ring (bicyclic) bond motifs is 1. The van der Waals surface area contributed by atoms with E-state index in [4.69, 9.17) is 4.98 Å². The van der Waals surface area contributed by atoms with E-state index in [0.717, 1.165) is 46.9 Å². The van der Waals surface area contributed by atoms with Crippen LogP contribution in [0.4, 0.5) is 0 Å². The molecule has 1 aliphatic rings. The van der Waals surface area contributed by atoms with Crippen molar-refractivity contribution in [2.45, 2.75) is 32.2 Å². The summed E-state index contributed by atoms with van der Waals surface area (Å²) in [7, 11) is 0. The first-order valence-electron chi connectivity index (χ1n) is 8.40. The van der Waals surface area contributed by atoms with Gasteiger partial charge in [-0.1, -0.05) is 23.5 Å². The Morgan fingerprint density at radius 2 is 2.20 bits per heavy atom. The van der Waals surface area contributed by atoms with Crippen LogP contribution in [0.5, 0.6) is 0 Å². The number of thiazole rings is 2. The molecule has 1 amide bonds. The predicted molar refractivity (Wildman–Crippen MR) is 101 cm³/mol. The number of hydrogen-bond acceptors (Lipinski definition) is 5. The summed E-state index contributed by atoms with van der Waals surface area (Å²) in [5.74, 6) is 0.310. The molecule has 0 aliphatic carbocycles. The van der Waals surface area contributed by atoms with Crippen LogP contribution in [0.15, 0.2) is 34.4 Å². The lowest BCUT2D eigenvalue weighted by Crippen LogP contribution is -2.41. The van der Waals surface area contributed by atoms with Crippen molar-refractivity contribution in [2.75, 3.05) is 13.1 Å². The lowest BCUT2D eigenvalue weighted by molar-refractivity contribution is -0.133. The van der Waals surface area contributed by atoms with Gasteiger partial charge in [-0.05, 0) is 31.9 Å². The van der Waals surface area contributed by atoms with Crippen molar-refractivity contribution in [3.63, 3.8) is 0 Å². The van der Waals surface area contributed by atoms with Crippen LogP contribution in [0, 0.1) is 6.92 Å². The number of rotatable bonds is 3. The lowest BCUT2D eigenvalue weighted by atomic mass is 9.98. The third-order valence-electron chi connectivity index (χ3n) is 4.70. The monoisotopic (exact) mass is 373 g/mol. The number of likely N-dealkylation sites (tertiary alicyclic amines) is 1. The zero-order valence-electron chi connectivity index (χ0n) is 14.0. The number of nitrogens with zero attached hydrogens (tertiary/aromatic N) is 3. The maximum Gasteiger partial charge on any atom is 0.307 e. The fraction of sp³-hybridized carbons (Fsp3) is 0.389. The average molecular weight is 374 g/mol. The molecule has 1 aromatic carbocycles. The molecule has 3 heterocycles. The molecule has 1 saturated heterocycles. The molecule has 2 aromatic heterocycles. The van der Waals surface area contributed by atoms with Gasteiger partial charge < -0.3 is 4.90 Å². The van der Waals surface area contributed by atoms with Crippen LogP contribution in [-0.4, -0.2) is 33.4 Å². The van der Waals surface area contributed by atoms with Crippen molar-refractivity contribution in [2.24, 2.45) is 0 Å². The van der Waals surface area contributed by atoms with Crippen LogP contribution in [0.1, 0.15) is 29.5 Å². The van der Waals surface area contributed by atoms with Crippen LogP contribution >= 0.6 is 22.7 Å². The largest absolute Gasteiger partial charge is 0.340 e. The van der Waals surface area contributed by atoms with Crippen LogP contribution < -0.4 is 4.87 Å². The molecular formula is C18H19N3O2S2. The Kier molecular flexibility index (Phi) is 4.43. The van der Waals surface area contributed by atoms with Gasteiger partial charge in [0.05, 0.1) is 15.2 Å². The van der Waals surface area contributed by atoms with Gasteiger partial charge in [0.2, 0.25) is 5.91 Å². The van der Waals surface area contributed by atoms with Crippen molar-refractivity contribution in [3.8, 4) is 0 Å². The summed E-state index contributed by atoms with van der Waals surface area (Å²) in [6.07, 6.45) is 2.03. The van der Waals surface area contributed by atoms with Crippen LogP contribution in [0.3, 0.4) is 0 Å². The average Bonchev–Trinajstić information content (AvgIpc) is 3.20. The summed E-state index contributed by atoms with van der Waals surface area (Å²) < 4.78 is 2.76. The van der Waals surface area contributed by atoms with Crippen molar-refractivity contribution in [1.29, 1.82) is 0 Å². The topological polar surface area (TPSA) is 55.2 Å².